The molecule has 2 aromatic heterocycles. The largest absolute Gasteiger partial charge is 0.461 e. The third kappa shape index (κ3) is 5.57. The highest BCUT2D eigenvalue weighted by molar-refractivity contribution is 6.36. The lowest BCUT2D eigenvalue weighted by Crippen LogP contribution is -2.30. The summed E-state index contributed by atoms with van der Waals surface area (Å²) in [7, 11) is 1.70. The Balaban J connectivity index is 1.58. The molecule has 1 aliphatic carbocycles. The first kappa shape index (κ1) is 22.7. The first-order valence-corrected chi connectivity index (χ1v) is 10.4. The standard InChI is InChI=1S/C20H26ClF2N3O4/c1-11(8-12(2)27)10-28-13-4-6-14(7-5-13)29-20-25-15-9-24-18(30-19(22)23)16(21)17(15)26(20)3/h9,11,13-14,19H,4-8,10H2,1-3H3/t11-,13?,14?/m1/s1. The molecule has 0 unspecified atom stereocenters. The molecule has 2 heterocycles. The molecule has 30 heavy (non-hydrogen) atoms. The smallest absolute Gasteiger partial charge is 0.388 e. The van der Waals surface area contributed by atoms with Gasteiger partial charge < -0.3 is 19.0 Å². The van der Waals surface area contributed by atoms with Crippen molar-refractivity contribution in [1.29, 1.82) is 0 Å². The SMILES string of the molecule is CC(=O)C[C@@H](C)COC1CCC(Oc2nc3cnc(OC(F)F)c(Cl)c3n2C)CC1. The van der Waals surface area contributed by atoms with Gasteiger partial charge in [-0.05, 0) is 38.5 Å². The van der Waals surface area contributed by atoms with Crippen molar-refractivity contribution in [2.75, 3.05) is 6.61 Å². The zero-order valence-corrected chi connectivity index (χ0v) is 18.0. The molecule has 0 saturated heterocycles. The average Bonchev–Trinajstić information content (AvgIpc) is 2.99. The number of imidazole rings is 1. The van der Waals surface area contributed by atoms with E-state index in [4.69, 9.17) is 21.1 Å². The number of carbonyl (C=O) groups is 1. The van der Waals surface area contributed by atoms with Crippen LogP contribution in [0.3, 0.4) is 0 Å². The number of pyridine rings is 1. The predicted molar refractivity (Wildman–Crippen MR) is 107 cm³/mol. The highest BCUT2D eigenvalue weighted by Crippen LogP contribution is 2.34. The summed E-state index contributed by atoms with van der Waals surface area (Å²) in [6.45, 7) is 1.17. The van der Waals surface area contributed by atoms with Crippen molar-refractivity contribution >= 4 is 28.4 Å². The van der Waals surface area contributed by atoms with Gasteiger partial charge in [-0.3, -0.25) is 4.57 Å². The number of fused-ring (bicyclic) bond motifs is 1. The van der Waals surface area contributed by atoms with E-state index in [1.807, 2.05) is 6.92 Å². The fourth-order valence-corrected chi connectivity index (χ4v) is 4.03. The lowest BCUT2D eigenvalue weighted by atomic mass is 9.95. The lowest BCUT2D eigenvalue weighted by Gasteiger charge is -2.29. The molecular weight excluding hydrogens is 420 g/mol. The van der Waals surface area contributed by atoms with Crippen LogP contribution in [0.5, 0.6) is 11.9 Å². The summed E-state index contributed by atoms with van der Waals surface area (Å²) in [5.41, 5.74) is 0.865. The van der Waals surface area contributed by atoms with Gasteiger partial charge in [-0.25, -0.2) is 4.98 Å². The van der Waals surface area contributed by atoms with Crippen LogP contribution in [0, 0.1) is 5.92 Å². The average molecular weight is 446 g/mol. The fourth-order valence-electron chi connectivity index (χ4n) is 3.71. The summed E-state index contributed by atoms with van der Waals surface area (Å²) < 4.78 is 43.0. The van der Waals surface area contributed by atoms with Crippen LogP contribution in [0.1, 0.15) is 46.0 Å². The summed E-state index contributed by atoms with van der Waals surface area (Å²) >= 11 is 6.18. The number of ether oxygens (including phenoxy) is 3. The van der Waals surface area contributed by atoms with E-state index in [1.165, 1.54) is 6.20 Å². The van der Waals surface area contributed by atoms with Crippen molar-refractivity contribution in [3.63, 3.8) is 0 Å². The number of hydrogen-bond acceptors (Lipinski definition) is 6. The van der Waals surface area contributed by atoms with Gasteiger partial charge in [0.2, 0.25) is 5.88 Å². The van der Waals surface area contributed by atoms with Gasteiger partial charge in [-0.1, -0.05) is 18.5 Å². The summed E-state index contributed by atoms with van der Waals surface area (Å²) in [6, 6.07) is 0.349. The van der Waals surface area contributed by atoms with Crippen LogP contribution >= 0.6 is 11.6 Å². The fraction of sp³-hybridized carbons (Fsp3) is 0.650. The minimum Gasteiger partial charge on any atom is -0.461 e. The third-order valence-electron chi connectivity index (χ3n) is 5.13. The molecule has 3 rings (SSSR count). The summed E-state index contributed by atoms with van der Waals surface area (Å²) in [5.74, 6) is 0.0491. The van der Waals surface area contributed by atoms with Crippen LogP contribution in [0.4, 0.5) is 8.78 Å². The molecule has 0 bridgehead atoms. The van der Waals surface area contributed by atoms with Crippen LogP contribution in [0.2, 0.25) is 5.02 Å². The number of alkyl halides is 2. The van der Waals surface area contributed by atoms with E-state index in [0.29, 0.717) is 30.1 Å². The minimum atomic E-state index is -3.01. The summed E-state index contributed by atoms with van der Waals surface area (Å²) in [4.78, 5) is 19.4. The molecule has 7 nitrogen and oxygen atoms in total. The number of ketones is 1. The first-order chi connectivity index (χ1) is 14.2. The van der Waals surface area contributed by atoms with Crippen LogP contribution in [0.15, 0.2) is 6.20 Å². The third-order valence-corrected chi connectivity index (χ3v) is 5.47. The second-order valence-corrected chi connectivity index (χ2v) is 8.18. The quantitative estimate of drug-likeness (QED) is 0.564. The normalized spacial score (nSPS) is 20.5. The maximum Gasteiger partial charge on any atom is 0.388 e. The Bertz CT molecular complexity index is 885. The van der Waals surface area contributed by atoms with Gasteiger partial charge in [0.25, 0.3) is 6.01 Å². The van der Waals surface area contributed by atoms with Gasteiger partial charge in [0.15, 0.2) is 0 Å². The molecule has 10 heteroatoms. The second kappa shape index (κ2) is 9.87. The Morgan fingerprint density at radius 1 is 1.30 bits per heavy atom. The molecular formula is C20H26ClF2N3O4. The van der Waals surface area contributed by atoms with E-state index in [0.717, 1.165) is 25.7 Å². The molecule has 2 aromatic rings. The van der Waals surface area contributed by atoms with Crippen molar-refractivity contribution in [2.45, 2.75) is 64.8 Å². The number of rotatable bonds is 9. The molecule has 166 valence electrons. The Labute approximate surface area is 178 Å². The lowest BCUT2D eigenvalue weighted by molar-refractivity contribution is -0.118. The number of carbonyl (C=O) groups excluding carboxylic acids is 1. The van der Waals surface area contributed by atoms with Crippen LogP contribution in [-0.2, 0) is 16.6 Å². The van der Waals surface area contributed by atoms with E-state index >= 15 is 0 Å². The van der Waals surface area contributed by atoms with Gasteiger partial charge >= 0.3 is 6.61 Å². The molecule has 1 fully saturated rings. The first-order valence-electron chi connectivity index (χ1n) is 9.98. The maximum absolute atomic E-state index is 12.5. The van der Waals surface area contributed by atoms with Gasteiger partial charge in [0.05, 0.1) is 17.8 Å². The minimum absolute atomic E-state index is 0.0291. The number of aryl methyl sites for hydroxylation is 1. The van der Waals surface area contributed by atoms with Crippen molar-refractivity contribution < 1.29 is 27.8 Å². The molecule has 1 atom stereocenters. The number of nitrogens with zero attached hydrogens (tertiary/aromatic N) is 3. The Morgan fingerprint density at radius 2 is 1.97 bits per heavy atom. The number of hydrogen-bond donors (Lipinski definition) is 0. The number of halogens is 3. The van der Waals surface area contributed by atoms with Crippen LogP contribution < -0.4 is 9.47 Å². The Morgan fingerprint density at radius 3 is 2.60 bits per heavy atom. The van der Waals surface area contributed by atoms with Crippen molar-refractivity contribution in [2.24, 2.45) is 13.0 Å². The van der Waals surface area contributed by atoms with Gasteiger partial charge in [-0.2, -0.15) is 13.8 Å². The molecule has 0 aromatic carbocycles. The Hall–Kier alpha value is -2.00. The predicted octanol–water partition coefficient (Wildman–Crippen LogP) is 4.54. The van der Waals surface area contributed by atoms with E-state index < -0.39 is 6.61 Å². The molecule has 0 radical (unpaired) electrons. The van der Waals surface area contributed by atoms with E-state index in [-0.39, 0.29) is 34.8 Å². The second-order valence-electron chi connectivity index (χ2n) is 7.80. The summed E-state index contributed by atoms with van der Waals surface area (Å²) in [5, 5.41) is -0.0329. The zero-order chi connectivity index (χ0) is 21.8. The molecule has 1 aliphatic rings. The number of aromatic nitrogens is 3. The highest BCUT2D eigenvalue weighted by Gasteiger charge is 2.26. The molecule has 0 N–H and O–H groups in total. The molecule has 0 amide bonds. The van der Waals surface area contributed by atoms with Crippen molar-refractivity contribution in [3.8, 4) is 11.9 Å². The van der Waals surface area contributed by atoms with Gasteiger partial charge in [0.1, 0.15) is 22.4 Å². The van der Waals surface area contributed by atoms with Crippen LogP contribution in [-0.4, -0.2) is 45.7 Å². The van der Waals surface area contributed by atoms with Crippen LogP contribution in [0.25, 0.3) is 11.0 Å². The van der Waals surface area contributed by atoms with Crippen molar-refractivity contribution in [1.82, 2.24) is 14.5 Å². The maximum atomic E-state index is 12.5. The molecule has 0 spiro atoms. The monoisotopic (exact) mass is 445 g/mol. The molecule has 0 aliphatic heterocycles. The Kier molecular flexibility index (Phi) is 7.46. The zero-order valence-electron chi connectivity index (χ0n) is 17.2. The van der Waals surface area contributed by atoms with E-state index in [2.05, 4.69) is 14.7 Å². The van der Waals surface area contributed by atoms with Gasteiger partial charge in [-0.15, -0.1) is 0 Å². The highest BCUT2D eigenvalue weighted by atomic mass is 35.5. The van der Waals surface area contributed by atoms with Crippen molar-refractivity contribution in [3.05, 3.63) is 11.2 Å². The van der Waals surface area contributed by atoms with E-state index in [1.54, 1.807) is 18.5 Å². The van der Waals surface area contributed by atoms with E-state index in [9.17, 15) is 13.6 Å². The molecule has 1 saturated carbocycles. The number of Topliss-reactive ketones (excluding diaryl/α,β-unsaturated/α-hetero) is 1. The summed E-state index contributed by atoms with van der Waals surface area (Å²) in [6.07, 6.45) is 5.32. The topological polar surface area (TPSA) is 75.5 Å². The van der Waals surface area contributed by atoms with Gasteiger partial charge in [0, 0.05) is 20.1 Å².